The van der Waals surface area contributed by atoms with Gasteiger partial charge in [-0.25, -0.2) is 9.97 Å². The lowest BCUT2D eigenvalue weighted by atomic mass is 10.0. The molecule has 0 fully saturated rings. The van der Waals surface area contributed by atoms with Gasteiger partial charge in [-0.2, -0.15) is 19.9 Å². The maximum atomic E-state index is 6.20. The Hall–Kier alpha value is -17.3. The quantitative estimate of drug-likeness (QED) is 0.134. The molecular formula is C118H70N10OS. The van der Waals surface area contributed by atoms with Gasteiger partial charge in [0, 0.05) is 108 Å². The fourth-order valence-electron chi connectivity index (χ4n) is 20.1. The van der Waals surface area contributed by atoms with E-state index in [0.29, 0.717) is 35.2 Å². The Labute approximate surface area is 746 Å². The van der Waals surface area contributed by atoms with Crippen molar-refractivity contribution in [3.05, 3.63) is 425 Å². The number of hydrogen-bond acceptors (Lipinski definition) is 8. The van der Waals surface area contributed by atoms with Crippen LogP contribution in [0.4, 0.5) is 0 Å². The summed E-state index contributed by atoms with van der Waals surface area (Å²) in [6.07, 6.45) is 0. The Bertz CT molecular complexity index is 8890. The highest BCUT2D eigenvalue weighted by atomic mass is 32.1. The molecule has 0 bridgehead atoms. The molecule has 28 rings (SSSR count). The van der Waals surface area contributed by atoms with Gasteiger partial charge >= 0.3 is 0 Å². The van der Waals surface area contributed by atoms with Crippen molar-refractivity contribution in [3.63, 3.8) is 0 Å². The Morgan fingerprint density at radius 1 is 0.169 bits per heavy atom. The first-order valence-electron chi connectivity index (χ1n) is 43.8. The van der Waals surface area contributed by atoms with E-state index in [1.807, 2.05) is 23.5 Å². The van der Waals surface area contributed by atoms with Gasteiger partial charge in [-0.05, 0) is 211 Å². The summed E-state index contributed by atoms with van der Waals surface area (Å²) >= 11 is 1.85. The Kier molecular flexibility index (Phi) is 16.4. The summed E-state index contributed by atoms with van der Waals surface area (Å²) in [5.41, 5.74) is 21.2. The van der Waals surface area contributed by atoms with Crippen molar-refractivity contribution in [2.75, 3.05) is 0 Å². The third-order valence-electron chi connectivity index (χ3n) is 26.3. The molecule has 0 aliphatic heterocycles. The van der Waals surface area contributed by atoms with Crippen LogP contribution < -0.4 is 0 Å². The molecule has 0 atom stereocenters. The highest BCUT2D eigenvalue weighted by Crippen LogP contribution is 2.45. The average Bonchev–Trinajstić information content (AvgIpc) is 1.58. The largest absolute Gasteiger partial charge is 0.456 e. The summed E-state index contributed by atoms with van der Waals surface area (Å²) in [5.74, 6) is 3.65. The second-order valence-electron chi connectivity index (χ2n) is 33.7. The number of benzene rings is 20. The molecule has 0 aliphatic rings. The van der Waals surface area contributed by atoms with Crippen molar-refractivity contribution in [1.82, 2.24) is 48.2 Å². The third-order valence-corrected chi connectivity index (χ3v) is 27.4. The molecule has 0 radical (unpaired) electrons. The standard InChI is InChI=1S/C59H35N5O.C59H35N5S/c2*1-3-13-38-31-42(23-21-36(38)11-1)57-60-58(43-24-22-37-12-2-4-14-39(37)32-43)62-59(61-57)64-52-19-9-6-16-46(52)49-34-41(26-29-54(49)64)40-25-28-53-48(33-40)45-15-5-8-18-51(45)63(53)44-27-30-56-50(35-44)47-17-7-10-20-55(47)65-56/h2*1-35H. The van der Waals surface area contributed by atoms with Crippen LogP contribution in [0.1, 0.15) is 0 Å². The molecule has 0 spiro atoms. The Morgan fingerprint density at radius 3 is 0.854 bits per heavy atom. The molecule has 0 N–H and O–H groups in total. The number of thiophene rings is 1. The summed E-state index contributed by atoms with van der Waals surface area (Å²) in [5, 5.41) is 23.5. The van der Waals surface area contributed by atoms with Crippen molar-refractivity contribution in [2.45, 2.75) is 0 Å². The first kappa shape index (κ1) is 73.1. The second-order valence-corrected chi connectivity index (χ2v) is 34.8. The van der Waals surface area contributed by atoms with Crippen LogP contribution in [-0.2, 0) is 0 Å². The molecule has 130 heavy (non-hydrogen) atoms. The van der Waals surface area contributed by atoms with Gasteiger partial charge in [0.1, 0.15) is 11.2 Å². The summed E-state index contributed by atoms with van der Waals surface area (Å²) in [4.78, 5) is 31.4. The fraction of sp³-hybridized carbons (Fsp3) is 0. The maximum absolute atomic E-state index is 6.20. The van der Waals surface area contributed by atoms with E-state index in [-0.39, 0.29) is 0 Å². The van der Waals surface area contributed by atoms with Gasteiger partial charge in [-0.1, -0.05) is 279 Å². The number of para-hydroxylation sites is 5. The molecule has 0 saturated heterocycles. The van der Waals surface area contributed by atoms with Crippen molar-refractivity contribution in [2.24, 2.45) is 0 Å². The monoisotopic (exact) mass is 1670 g/mol. The summed E-state index contributed by atoms with van der Waals surface area (Å²) in [6, 6.07) is 152. The normalized spacial score (nSPS) is 12.0. The van der Waals surface area contributed by atoms with Crippen molar-refractivity contribution in [3.8, 4) is 91.1 Å². The molecule has 0 unspecified atom stereocenters. The van der Waals surface area contributed by atoms with Crippen LogP contribution in [0, 0.1) is 0 Å². The molecule has 604 valence electrons. The molecule has 0 saturated carbocycles. The maximum Gasteiger partial charge on any atom is 0.238 e. The number of aromatic nitrogens is 10. The third kappa shape index (κ3) is 11.9. The minimum absolute atomic E-state index is 0.570. The zero-order chi connectivity index (χ0) is 85.2. The van der Waals surface area contributed by atoms with E-state index in [0.717, 1.165) is 148 Å². The van der Waals surface area contributed by atoms with Crippen LogP contribution >= 0.6 is 11.3 Å². The Balaban J connectivity index is 0.000000134. The minimum atomic E-state index is 0.570. The average molecular weight is 1680 g/mol. The second kappa shape index (κ2) is 29.1. The first-order valence-corrected chi connectivity index (χ1v) is 44.7. The molecule has 28 aromatic rings. The zero-order valence-corrected chi connectivity index (χ0v) is 70.5. The van der Waals surface area contributed by atoms with E-state index in [1.165, 1.54) is 80.0 Å². The van der Waals surface area contributed by atoms with Crippen LogP contribution in [0.15, 0.2) is 429 Å². The van der Waals surface area contributed by atoms with Gasteiger partial charge in [-0.15, -0.1) is 11.3 Å². The van der Waals surface area contributed by atoms with Crippen molar-refractivity contribution >= 4 is 184 Å². The van der Waals surface area contributed by atoms with Crippen LogP contribution in [-0.4, -0.2) is 48.2 Å². The number of hydrogen-bond donors (Lipinski definition) is 0. The van der Waals surface area contributed by atoms with E-state index >= 15 is 0 Å². The summed E-state index contributed by atoms with van der Waals surface area (Å²) < 4.78 is 18.0. The lowest BCUT2D eigenvalue weighted by molar-refractivity contribution is 0.669. The van der Waals surface area contributed by atoms with Gasteiger partial charge in [0.25, 0.3) is 0 Å². The van der Waals surface area contributed by atoms with Crippen LogP contribution in [0.25, 0.3) is 264 Å². The van der Waals surface area contributed by atoms with Crippen LogP contribution in [0.2, 0.25) is 0 Å². The number of fused-ring (bicyclic) bond motifs is 22. The molecule has 20 aromatic carbocycles. The molecule has 12 heteroatoms. The minimum Gasteiger partial charge on any atom is -0.456 e. The van der Waals surface area contributed by atoms with Gasteiger partial charge in [0.05, 0.1) is 44.1 Å². The van der Waals surface area contributed by atoms with Crippen LogP contribution in [0.5, 0.6) is 0 Å². The van der Waals surface area contributed by atoms with E-state index in [2.05, 4.69) is 431 Å². The molecule has 0 amide bonds. The predicted octanol–water partition coefficient (Wildman–Crippen LogP) is 31.0. The topological polar surface area (TPSA) is 110 Å². The van der Waals surface area contributed by atoms with Gasteiger partial charge < -0.3 is 13.6 Å². The van der Waals surface area contributed by atoms with Gasteiger partial charge in [0.15, 0.2) is 23.3 Å². The Morgan fingerprint density at radius 2 is 0.454 bits per heavy atom. The molecule has 8 aromatic heterocycles. The van der Waals surface area contributed by atoms with E-state index in [4.69, 9.17) is 34.3 Å². The summed E-state index contributed by atoms with van der Waals surface area (Å²) in [6.45, 7) is 0. The number of rotatable bonds is 10. The predicted molar refractivity (Wildman–Crippen MR) is 540 cm³/mol. The van der Waals surface area contributed by atoms with E-state index in [1.54, 1.807) is 0 Å². The highest BCUT2D eigenvalue weighted by Gasteiger charge is 2.25. The SMILES string of the molecule is c1ccc2cc(-c3nc(-c4ccc5ccccc5c4)nc(-n4c5ccccc5c5cc(-c6ccc7c(c6)c6ccccc6n7-c6ccc7oc8ccccc8c7c6)ccc54)n3)ccc2c1.c1ccc2cc(-c3nc(-c4ccc5ccccc5c4)nc(-n4c5ccccc5c5cc(-c6ccc7c(c6)c6ccccc6n7-c6ccc7sc8ccccc8c7c6)ccc54)n3)ccc2c1. The van der Waals surface area contributed by atoms with Crippen molar-refractivity contribution < 1.29 is 4.42 Å². The zero-order valence-electron chi connectivity index (χ0n) is 69.7. The van der Waals surface area contributed by atoms with E-state index < -0.39 is 0 Å². The molecule has 0 aliphatic carbocycles. The van der Waals surface area contributed by atoms with Crippen molar-refractivity contribution in [1.29, 1.82) is 0 Å². The van der Waals surface area contributed by atoms with Gasteiger partial charge in [0.2, 0.25) is 11.9 Å². The summed E-state index contributed by atoms with van der Waals surface area (Å²) in [7, 11) is 0. The fourth-order valence-corrected chi connectivity index (χ4v) is 21.1. The number of furan rings is 1. The number of nitrogens with zero attached hydrogens (tertiary/aromatic N) is 10. The first-order chi connectivity index (χ1) is 64.4. The molecule has 8 heterocycles. The smallest absolute Gasteiger partial charge is 0.238 e. The molecule has 11 nitrogen and oxygen atoms in total. The van der Waals surface area contributed by atoms with Crippen LogP contribution in [0.3, 0.4) is 0 Å². The highest BCUT2D eigenvalue weighted by molar-refractivity contribution is 7.25. The lowest BCUT2D eigenvalue weighted by Gasteiger charge is -2.12. The lowest BCUT2D eigenvalue weighted by Crippen LogP contribution is -2.06. The molecular weight excluding hydrogens is 1610 g/mol. The van der Waals surface area contributed by atoms with E-state index in [9.17, 15) is 0 Å². The van der Waals surface area contributed by atoms with Gasteiger partial charge in [-0.3, -0.25) is 9.13 Å².